The first-order valence-corrected chi connectivity index (χ1v) is 12.9. The Morgan fingerprint density at radius 1 is 1.00 bits per heavy atom. The number of fused-ring (bicyclic) bond motifs is 1. The Morgan fingerprint density at radius 2 is 1.70 bits per heavy atom. The van der Waals surface area contributed by atoms with Gasteiger partial charge in [-0.25, -0.2) is 13.8 Å². The van der Waals surface area contributed by atoms with Gasteiger partial charge in [-0.15, -0.1) is 12.4 Å². The second-order valence-corrected chi connectivity index (χ2v) is 9.86. The van der Waals surface area contributed by atoms with Crippen molar-refractivity contribution >= 4 is 45.0 Å². The molecule has 0 N–H and O–H groups in total. The van der Waals surface area contributed by atoms with E-state index < -0.39 is 11.6 Å². The van der Waals surface area contributed by atoms with E-state index in [2.05, 4.69) is 22.0 Å². The topological polar surface area (TPSA) is 45.7 Å². The third-order valence-corrected chi connectivity index (χ3v) is 7.32. The third-order valence-electron chi connectivity index (χ3n) is 6.29. The Kier molecular flexibility index (Phi) is 9.21. The second kappa shape index (κ2) is 12.6. The summed E-state index contributed by atoms with van der Waals surface area (Å²) in [5.74, 6) is -1.59. The molecule has 1 aliphatic rings. The Labute approximate surface area is 225 Å². The first kappa shape index (κ1) is 27.1. The van der Waals surface area contributed by atoms with Gasteiger partial charge in [0.25, 0.3) is 5.91 Å². The Morgan fingerprint density at radius 3 is 2.43 bits per heavy atom. The predicted molar refractivity (Wildman–Crippen MR) is 146 cm³/mol. The van der Waals surface area contributed by atoms with E-state index >= 15 is 0 Å². The van der Waals surface area contributed by atoms with Gasteiger partial charge < -0.3 is 4.74 Å². The van der Waals surface area contributed by atoms with E-state index in [9.17, 15) is 13.6 Å². The Hall–Kier alpha value is -2.91. The van der Waals surface area contributed by atoms with Gasteiger partial charge in [-0.1, -0.05) is 53.8 Å². The number of aromatic nitrogens is 1. The first-order chi connectivity index (χ1) is 17.6. The van der Waals surface area contributed by atoms with Crippen LogP contribution < -0.4 is 4.90 Å². The minimum absolute atomic E-state index is 0. The van der Waals surface area contributed by atoms with Crippen molar-refractivity contribution < 1.29 is 18.3 Å². The number of hydrogen-bond acceptors (Lipinski definition) is 5. The fourth-order valence-electron chi connectivity index (χ4n) is 4.37. The van der Waals surface area contributed by atoms with Crippen molar-refractivity contribution in [1.82, 2.24) is 9.88 Å². The van der Waals surface area contributed by atoms with E-state index in [0.717, 1.165) is 55.4 Å². The maximum atomic E-state index is 14.3. The Bertz CT molecular complexity index is 1330. The molecule has 4 aromatic rings. The quantitative estimate of drug-likeness (QED) is 0.275. The van der Waals surface area contributed by atoms with Gasteiger partial charge in [0.2, 0.25) is 0 Å². The molecule has 0 bridgehead atoms. The molecule has 9 heteroatoms. The number of thiazole rings is 1. The molecule has 0 spiro atoms. The number of carbonyl (C=O) groups excluding carboxylic acids is 1. The van der Waals surface area contributed by atoms with Gasteiger partial charge in [-0.2, -0.15) is 0 Å². The molecule has 1 saturated heterocycles. The molecule has 1 amide bonds. The molecule has 0 atom stereocenters. The maximum Gasteiger partial charge on any atom is 0.260 e. The number of ether oxygens (including phenoxy) is 1. The van der Waals surface area contributed by atoms with Crippen LogP contribution in [0.2, 0.25) is 0 Å². The number of amides is 1. The molecule has 0 unspecified atom stereocenters. The summed E-state index contributed by atoms with van der Waals surface area (Å²) < 4.78 is 33.9. The summed E-state index contributed by atoms with van der Waals surface area (Å²) in [5.41, 5.74) is 2.92. The summed E-state index contributed by atoms with van der Waals surface area (Å²) in [6.45, 7) is 4.38. The highest BCUT2D eigenvalue weighted by atomic mass is 35.5. The molecule has 0 aliphatic carbocycles. The van der Waals surface area contributed by atoms with Crippen LogP contribution in [0.3, 0.4) is 0 Å². The minimum atomic E-state index is -0.724. The molecular formula is C28H28ClF2N3O2S. The molecule has 5 nitrogen and oxygen atoms in total. The molecule has 37 heavy (non-hydrogen) atoms. The molecule has 1 aromatic heterocycles. The monoisotopic (exact) mass is 543 g/mol. The van der Waals surface area contributed by atoms with Crippen LogP contribution in [0.1, 0.15) is 27.9 Å². The third kappa shape index (κ3) is 6.70. The van der Waals surface area contributed by atoms with E-state index in [4.69, 9.17) is 4.74 Å². The average molecular weight is 544 g/mol. The lowest BCUT2D eigenvalue weighted by Gasteiger charge is -2.27. The lowest BCUT2D eigenvalue weighted by Crippen LogP contribution is -2.39. The number of rotatable bonds is 8. The highest BCUT2D eigenvalue weighted by molar-refractivity contribution is 7.22. The summed E-state index contributed by atoms with van der Waals surface area (Å²) in [6.07, 6.45) is 1.51. The summed E-state index contributed by atoms with van der Waals surface area (Å²) in [6, 6.07) is 19.8. The number of benzene rings is 3. The average Bonchev–Trinajstić information content (AvgIpc) is 3.32. The van der Waals surface area contributed by atoms with Crippen molar-refractivity contribution in [2.24, 2.45) is 0 Å². The molecule has 0 saturated carbocycles. The lowest BCUT2D eigenvalue weighted by atomic mass is 10.0. The fourth-order valence-corrected chi connectivity index (χ4v) is 5.40. The number of hydrogen-bond donors (Lipinski definition) is 0. The van der Waals surface area contributed by atoms with Crippen LogP contribution >= 0.6 is 23.7 Å². The van der Waals surface area contributed by atoms with Crippen LogP contribution in [0.25, 0.3) is 10.2 Å². The number of morpholine rings is 1. The normalized spacial score (nSPS) is 13.9. The maximum absolute atomic E-state index is 14.3. The molecule has 194 valence electrons. The van der Waals surface area contributed by atoms with Gasteiger partial charge in [0.05, 0.1) is 17.9 Å². The van der Waals surface area contributed by atoms with Crippen molar-refractivity contribution in [3.05, 3.63) is 95.1 Å². The zero-order chi connectivity index (χ0) is 24.9. The summed E-state index contributed by atoms with van der Waals surface area (Å²) >= 11 is 1.13. The van der Waals surface area contributed by atoms with Gasteiger partial charge in [-0.3, -0.25) is 14.6 Å². The fraction of sp³-hybridized carbons (Fsp3) is 0.286. The van der Waals surface area contributed by atoms with Gasteiger partial charge in [0.15, 0.2) is 10.9 Å². The number of nitrogens with zero attached hydrogens (tertiary/aromatic N) is 3. The zero-order valence-corrected chi connectivity index (χ0v) is 21.9. The molecule has 5 rings (SSSR count). The van der Waals surface area contributed by atoms with Crippen LogP contribution in [0, 0.1) is 11.6 Å². The van der Waals surface area contributed by atoms with Crippen LogP contribution in [0.4, 0.5) is 13.9 Å². The van der Waals surface area contributed by atoms with Crippen molar-refractivity contribution in [1.29, 1.82) is 0 Å². The largest absolute Gasteiger partial charge is 0.379 e. The Balaban J connectivity index is 0.00000320. The SMILES string of the molecule is Cl.O=C(c1ccc(Cc2ccccc2)cc1)N(CCCN1CCOCC1)c1nc2c(F)cc(F)cc2s1. The van der Waals surface area contributed by atoms with E-state index in [1.165, 1.54) is 11.6 Å². The van der Waals surface area contributed by atoms with Gasteiger partial charge in [-0.05, 0) is 42.2 Å². The summed E-state index contributed by atoms with van der Waals surface area (Å²) in [4.78, 5) is 21.9. The van der Waals surface area contributed by atoms with Gasteiger partial charge >= 0.3 is 0 Å². The highest BCUT2D eigenvalue weighted by Crippen LogP contribution is 2.32. The predicted octanol–water partition coefficient (Wildman–Crippen LogP) is 5.96. The minimum Gasteiger partial charge on any atom is -0.379 e. The van der Waals surface area contributed by atoms with Gasteiger partial charge in [0.1, 0.15) is 11.3 Å². The molecule has 3 aromatic carbocycles. The number of anilines is 1. The van der Waals surface area contributed by atoms with Crippen LogP contribution in [0.15, 0.2) is 66.7 Å². The van der Waals surface area contributed by atoms with Crippen molar-refractivity contribution in [3.8, 4) is 0 Å². The van der Waals surface area contributed by atoms with E-state index in [0.29, 0.717) is 35.2 Å². The second-order valence-electron chi connectivity index (χ2n) is 8.85. The number of carbonyl (C=O) groups is 1. The van der Waals surface area contributed by atoms with Crippen LogP contribution in [-0.2, 0) is 11.2 Å². The van der Waals surface area contributed by atoms with Crippen molar-refractivity contribution in [2.75, 3.05) is 44.3 Å². The van der Waals surface area contributed by atoms with Crippen LogP contribution in [0.5, 0.6) is 0 Å². The lowest BCUT2D eigenvalue weighted by molar-refractivity contribution is 0.0376. The van der Waals surface area contributed by atoms with E-state index in [1.807, 2.05) is 42.5 Å². The number of halogens is 3. The molecule has 0 radical (unpaired) electrons. The first-order valence-electron chi connectivity index (χ1n) is 12.1. The molecule has 1 fully saturated rings. The molecule has 2 heterocycles. The highest BCUT2D eigenvalue weighted by Gasteiger charge is 2.23. The molecule has 1 aliphatic heterocycles. The van der Waals surface area contributed by atoms with E-state index in [-0.39, 0.29) is 23.8 Å². The van der Waals surface area contributed by atoms with E-state index in [1.54, 1.807) is 4.90 Å². The smallest absolute Gasteiger partial charge is 0.260 e. The van der Waals surface area contributed by atoms with Crippen molar-refractivity contribution in [2.45, 2.75) is 12.8 Å². The standard InChI is InChI=1S/C28H27F2N3O2S.ClH/c29-23-18-24(30)26-25(19-23)36-28(31-26)33(12-4-11-32-13-15-35-16-14-32)27(34)22-9-7-21(8-10-22)17-20-5-2-1-3-6-20;/h1-3,5-10,18-19H,4,11-17H2;1H. The zero-order valence-electron chi connectivity index (χ0n) is 20.2. The molecular weight excluding hydrogens is 516 g/mol. The van der Waals surface area contributed by atoms with Crippen molar-refractivity contribution in [3.63, 3.8) is 0 Å². The summed E-state index contributed by atoms with van der Waals surface area (Å²) in [5, 5.41) is 0.370. The van der Waals surface area contributed by atoms with Gasteiger partial charge in [0, 0.05) is 37.8 Å². The van der Waals surface area contributed by atoms with Crippen LogP contribution in [-0.4, -0.2) is 55.2 Å². The summed E-state index contributed by atoms with van der Waals surface area (Å²) in [7, 11) is 0.